The van der Waals surface area contributed by atoms with E-state index in [1.807, 2.05) is 0 Å². The third-order valence-corrected chi connectivity index (χ3v) is 16.0. The van der Waals surface area contributed by atoms with Crippen molar-refractivity contribution in [1.29, 1.82) is 0 Å². The summed E-state index contributed by atoms with van der Waals surface area (Å²) in [4.78, 5) is 71.9. The summed E-state index contributed by atoms with van der Waals surface area (Å²) in [6.45, 7) is 4.81. The van der Waals surface area contributed by atoms with Gasteiger partial charge in [-0.3, -0.25) is 37.3 Å². The van der Waals surface area contributed by atoms with E-state index in [1.54, 1.807) is 0 Å². The SMILES string of the molecule is CCCCCCCCCCCCCCCCC(=O)O[C@H](COC(=O)CCCCCCCCCCCCC)COP(=O)(O)OC[C@@H](O)COP(=O)(O)OC[C@@H](COC(=O)CCCCCCCCC)OC(=O)CCCCCCCCCC. The average Bonchev–Trinajstić information content (AvgIpc) is 3.43. The zero-order valence-corrected chi connectivity index (χ0v) is 52.8. The van der Waals surface area contributed by atoms with Crippen molar-refractivity contribution in [3.63, 3.8) is 0 Å². The molecular formula is C61H118O17P2. The molecule has 2 unspecified atom stereocenters. The maximum atomic E-state index is 12.9. The third-order valence-electron chi connectivity index (χ3n) is 14.1. The van der Waals surface area contributed by atoms with Crippen LogP contribution in [0, 0.1) is 0 Å². The fraction of sp³-hybridized carbons (Fsp3) is 0.934. The van der Waals surface area contributed by atoms with Crippen LogP contribution in [-0.4, -0.2) is 96.7 Å². The number of phosphoric ester groups is 2. The van der Waals surface area contributed by atoms with Crippen LogP contribution in [0.2, 0.25) is 0 Å². The topological polar surface area (TPSA) is 237 Å². The van der Waals surface area contributed by atoms with Gasteiger partial charge in [0.2, 0.25) is 0 Å². The van der Waals surface area contributed by atoms with Gasteiger partial charge in [-0.05, 0) is 25.7 Å². The van der Waals surface area contributed by atoms with Crippen molar-refractivity contribution in [2.75, 3.05) is 39.6 Å². The summed E-state index contributed by atoms with van der Waals surface area (Å²) in [6.07, 6.45) is 40.4. The fourth-order valence-electron chi connectivity index (χ4n) is 9.10. The van der Waals surface area contributed by atoms with Gasteiger partial charge in [0.15, 0.2) is 12.2 Å². The van der Waals surface area contributed by atoms with Crippen molar-refractivity contribution >= 4 is 39.5 Å². The minimum atomic E-state index is -4.94. The summed E-state index contributed by atoms with van der Waals surface area (Å²) in [5.74, 6) is -2.14. The Labute approximate surface area is 486 Å². The Morgan fingerprint density at radius 3 is 0.738 bits per heavy atom. The lowest BCUT2D eigenvalue weighted by Crippen LogP contribution is -2.30. The van der Waals surface area contributed by atoms with E-state index < -0.39 is 97.5 Å². The number of unbranched alkanes of at least 4 members (excludes halogenated alkanes) is 36. The number of carbonyl (C=O) groups is 4. The molecule has 3 N–H and O–H groups in total. The molecule has 19 heteroatoms. The lowest BCUT2D eigenvalue weighted by Gasteiger charge is -2.21. The highest BCUT2D eigenvalue weighted by atomic mass is 31.2. The molecule has 0 radical (unpaired) electrons. The van der Waals surface area contributed by atoms with E-state index in [9.17, 15) is 43.2 Å². The maximum Gasteiger partial charge on any atom is 0.472 e. The molecule has 0 aliphatic heterocycles. The molecule has 0 bridgehead atoms. The van der Waals surface area contributed by atoms with E-state index in [4.69, 9.17) is 37.0 Å². The monoisotopic (exact) mass is 1180 g/mol. The quantitative estimate of drug-likeness (QED) is 0.0222. The molecule has 0 saturated heterocycles. The molecule has 0 saturated carbocycles. The van der Waals surface area contributed by atoms with Gasteiger partial charge >= 0.3 is 39.5 Å². The Kier molecular flexibility index (Phi) is 54.8. The number of esters is 4. The van der Waals surface area contributed by atoms with Crippen LogP contribution in [0.4, 0.5) is 0 Å². The largest absolute Gasteiger partial charge is 0.472 e. The number of carbonyl (C=O) groups excluding carboxylic acids is 4. The Morgan fingerprint density at radius 2 is 0.500 bits per heavy atom. The maximum absolute atomic E-state index is 12.9. The molecule has 0 fully saturated rings. The number of aliphatic hydroxyl groups excluding tert-OH is 1. The van der Waals surface area contributed by atoms with E-state index in [1.165, 1.54) is 122 Å². The molecule has 0 aromatic carbocycles. The Morgan fingerprint density at radius 1 is 0.300 bits per heavy atom. The van der Waals surface area contributed by atoms with Gasteiger partial charge in [-0.1, -0.05) is 259 Å². The van der Waals surface area contributed by atoms with Gasteiger partial charge in [0.25, 0.3) is 0 Å². The Balaban J connectivity index is 5.19. The third kappa shape index (κ3) is 55.3. The van der Waals surface area contributed by atoms with Crippen LogP contribution < -0.4 is 0 Å². The molecule has 0 amide bonds. The van der Waals surface area contributed by atoms with Crippen molar-refractivity contribution in [3.05, 3.63) is 0 Å². The summed E-state index contributed by atoms with van der Waals surface area (Å²) in [5.41, 5.74) is 0. The van der Waals surface area contributed by atoms with Gasteiger partial charge in [-0.25, -0.2) is 9.13 Å². The molecule has 0 aliphatic rings. The second-order valence-electron chi connectivity index (χ2n) is 22.1. The summed E-state index contributed by atoms with van der Waals surface area (Å²) in [5, 5.41) is 10.5. The molecule has 0 aromatic heterocycles. The van der Waals surface area contributed by atoms with Crippen LogP contribution in [0.3, 0.4) is 0 Å². The minimum Gasteiger partial charge on any atom is -0.462 e. The molecule has 474 valence electrons. The van der Waals surface area contributed by atoms with E-state index in [2.05, 4.69) is 27.7 Å². The van der Waals surface area contributed by atoms with Gasteiger partial charge in [0, 0.05) is 25.7 Å². The number of phosphoric acid groups is 2. The van der Waals surface area contributed by atoms with Crippen molar-refractivity contribution in [2.45, 2.75) is 329 Å². The summed E-state index contributed by atoms with van der Waals surface area (Å²) in [7, 11) is -9.87. The van der Waals surface area contributed by atoms with E-state index in [0.717, 1.165) is 109 Å². The molecule has 0 rings (SSSR count). The second-order valence-corrected chi connectivity index (χ2v) is 25.0. The van der Waals surface area contributed by atoms with Crippen LogP contribution in [0.1, 0.15) is 310 Å². The molecule has 5 atom stereocenters. The Bertz CT molecular complexity index is 1550. The highest BCUT2D eigenvalue weighted by molar-refractivity contribution is 7.47. The van der Waals surface area contributed by atoms with E-state index in [-0.39, 0.29) is 25.7 Å². The van der Waals surface area contributed by atoms with Crippen molar-refractivity contribution in [2.24, 2.45) is 0 Å². The number of hydrogen-bond acceptors (Lipinski definition) is 15. The molecule has 0 spiro atoms. The first-order chi connectivity index (χ1) is 38.7. The van der Waals surface area contributed by atoms with Crippen LogP contribution >= 0.6 is 15.6 Å². The molecular weight excluding hydrogens is 1070 g/mol. The number of ether oxygens (including phenoxy) is 4. The number of hydrogen-bond donors (Lipinski definition) is 3. The highest BCUT2D eigenvalue weighted by Crippen LogP contribution is 2.45. The second kappa shape index (κ2) is 56.2. The van der Waals surface area contributed by atoms with Gasteiger partial charge in [0.1, 0.15) is 19.3 Å². The summed E-state index contributed by atoms with van der Waals surface area (Å²) < 4.78 is 67.7. The fourth-order valence-corrected chi connectivity index (χ4v) is 10.7. The number of rotatable bonds is 62. The first-order valence-electron chi connectivity index (χ1n) is 32.3. The zero-order chi connectivity index (χ0) is 59.1. The van der Waals surface area contributed by atoms with Crippen LogP contribution in [-0.2, 0) is 65.4 Å². The van der Waals surface area contributed by atoms with Crippen molar-refractivity contribution in [1.82, 2.24) is 0 Å². The zero-order valence-electron chi connectivity index (χ0n) is 51.0. The Hall–Kier alpha value is -1.94. The van der Waals surface area contributed by atoms with E-state index in [0.29, 0.717) is 25.7 Å². The van der Waals surface area contributed by atoms with Crippen molar-refractivity contribution in [3.8, 4) is 0 Å². The average molecular weight is 1190 g/mol. The van der Waals surface area contributed by atoms with Crippen LogP contribution in [0.15, 0.2) is 0 Å². The smallest absolute Gasteiger partial charge is 0.462 e. The van der Waals surface area contributed by atoms with Gasteiger partial charge in [-0.2, -0.15) is 0 Å². The lowest BCUT2D eigenvalue weighted by molar-refractivity contribution is -0.161. The lowest BCUT2D eigenvalue weighted by atomic mass is 10.0. The van der Waals surface area contributed by atoms with Crippen molar-refractivity contribution < 1.29 is 80.2 Å². The van der Waals surface area contributed by atoms with Gasteiger partial charge in [0.05, 0.1) is 26.4 Å². The number of aliphatic hydroxyl groups is 1. The standard InChI is InChI=1S/C61H118O17P2/c1-5-9-13-17-21-24-26-27-28-30-32-36-40-44-48-61(66)78-57(52-72-59(64)46-42-38-35-31-29-25-22-18-14-10-6-2)54-76-80(69,70)74-50-55(62)49-73-79(67,68)75-53-56(51-71-58(63)45-41-37-33-20-16-12-8-4)77-60(65)47-43-39-34-23-19-15-11-7-3/h55-57,62H,5-54H2,1-4H3,(H,67,68)(H,69,70)/t55-,56+,57+/m0/s1. The van der Waals surface area contributed by atoms with Crippen LogP contribution in [0.25, 0.3) is 0 Å². The predicted molar refractivity (Wildman–Crippen MR) is 317 cm³/mol. The van der Waals surface area contributed by atoms with Gasteiger partial charge in [-0.15, -0.1) is 0 Å². The normalized spacial score (nSPS) is 14.2. The first kappa shape index (κ1) is 78.1. The molecule has 0 aromatic rings. The summed E-state index contributed by atoms with van der Waals surface area (Å²) in [6, 6.07) is 0. The van der Waals surface area contributed by atoms with Gasteiger partial charge < -0.3 is 33.8 Å². The molecule has 80 heavy (non-hydrogen) atoms. The summed E-state index contributed by atoms with van der Waals surface area (Å²) >= 11 is 0. The molecule has 0 aliphatic carbocycles. The first-order valence-corrected chi connectivity index (χ1v) is 35.3. The molecule has 0 heterocycles. The predicted octanol–water partition coefficient (Wildman–Crippen LogP) is 16.8. The van der Waals surface area contributed by atoms with Crippen LogP contribution in [0.5, 0.6) is 0 Å². The molecule has 17 nitrogen and oxygen atoms in total. The highest BCUT2D eigenvalue weighted by Gasteiger charge is 2.30. The minimum absolute atomic E-state index is 0.105. The van der Waals surface area contributed by atoms with E-state index >= 15 is 0 Å².